The van der Waals surface area contributed by atoms with Crippen molar-refractivity contribution in [2.24, 2.45) is 5.73 Å². The summed E-state index contributed by atoms with van der Waals surface area (Å²) in [5, 5.41) is 0. The normalized spacial score (nSPS) is 14.2. The van der Waals surface area contributed by atoms with Gasteiger partial charge in [-0.3, -0.25) is 0 Å². The molecule has 1 aromatic carbocycles. The number of hydrogen-bond donors (Lipinski definition) is 1. The number of benzene rings is 1. The van der Waals surface area contributed by atoms with Gasteiger partial charge in [0.1, 0.15) is 0 Å². The van der Waals surface area contributed by atoms with Gasteiger partial charge in [0.25, 0.3) is 0 Å². The fourth-order valence-corrected chi connectivity index (χ4v) is 1.16. The van der Waals surface area contributed by atoms with E-state index in [4.69, 9.17) is 22.1 Å². The first-order chi connectivity index (χ1) is 6.20. The third-order valence-electron chi connectivity index (χ3n) is 1.57. The maximum Gasteiger partial charge on any atom is 0.156 e. The van der Waals surface area contributed by atoms with Crippen molar-refractivity contribution >= 4 is 24.0 Å². The fourth-order valence-electron chi connectivity index (χ4n) is 0.937. The molecule has 14 heavy (non-hydrogen) atoms. The maximum absolute atomic E-state index is 5.97. The fraction of sp³-hybridized carbons (Fsp3) is 0.400. The predicted octanol–water partition coefficient (Wildman–Crippen LogP) is 2.71. The van der Waals surface area contributed by atoms with Crippen LogP contribution in [0.15, 0.2) is 30.3 Å². The van der Waals surface area contributed by atoms with Crippen LogP contribution < -0.4 is 5.73 Å². The molecule has 0 aromatic heterocycles. The van der Waals surface area contributed by atoms with Crippen LogP contribution in [-0.2, 0) is 4.74 Å². The average Bonchev–Trinajstić information content (AvgIpc) is 2.15. The highest BCUT2D eigenvalue weighted by atomic mass is 35.5. The van der Waals surface area contributed by atoms with Gasteiger partial charge in [0.15, 0.2) is 5.56 Å². The molecule has 1 rings (SSSR count). The molecule has 0 radical (unpaired) electrons. The molecule has 2 nitrogen and oxygen atoms in total. The highest BCUT2D eigenvalue weighted by molar-refractivity contribution is 6.19. The molecule has 0 fully saturated rings. The first-order valence-electron chi connectivity index (χ1n) is 4.26. The van der Waals surface area contributed by atoms with E-state index in [1.165, 1.54) is 0 Å². The monoisotopic (exact) mass is 235 g/mol. The van der Waals surface area contributed by atoms with Crippen LogP contribution in [-0.4, -0.2) is 12.6 Å². The highest BCUT2D eigenvalue weighted by Gasteiger charge is 2.07. The Morgan fingerprint density at radius 2 is 1.93 bits per heavy atom. The predicted molar refractivity (Wildman–Crippen MR) is 61.9 cm³/mol. The summed E-state index contributed by atoms with van der Waals surface area (Å²) in [6.45, 7) is 2.36. The third-order valence-corrected chi connectivity index (χ3v) is 1.95. The van der Waals surface area contributed by atoms with Gasteiger partial charge >= 0.3 is 0 Å². The van der Waals surface area contributed by atoms with E-state index in [0.717, 1.165) is 5.56 Å². The van der Waals surface area contributed by atoms with Crippen LogP contribution in [0.1, 0.15) is 18.1 Å². The van der Waals surface area contributed by atoms with E-state index in [2.05, 4.69) is 0 Å². The highest BCUT2D eigenvalue weighted by Crippen LogP contribution is 2.20. The lowest BCUT2D eigenvalue weighted by Crippen LogP contribution is -2.22. The molecule has 1 aromatic rings. The Morgan fingerprint density at radius 1 is 1.36 bits per heavy atom. The van der Waals surface area contributed by atoms with Crippen molar-refractivity contribution in [3.05, 3.63) is 35.9 Å². The summed E-state index contributed by atoms with van der Waals surface area (Å²) in [4.78, 5) is 0. The van der Waals surface area contributed by atoms with Gasteiger partial charge in [-0.1, -0.05) is 41.9 Å². The third kappa shape index (κ3) is 4.82. The second kappa shape index (κ2) is 7.07. The molecule has 0 aliphatic heterocycles. The SMILES string of the molecule is CC(N)COC(Cl)c1ccccc1.Cl. The lowest BCUT2D eigenvalue weighted by molar-refractivity contribution is 0.0991. The molecule has 0 amide bonds. The van der Waals surface area contributed by atoms with Crippen molar-refractivity contribution in [3.8, 4) is 0 Å². The van der Waals surface area contributed by atoms with Crippen molar-refractivity contribution in [2.45, 2.75) is 18.5 Å². The first-order valence-corrected chi connectivity index (χ1v) is 4.70. The van der Waals surface area contributed by atoms with Crippen molar-refractivity contribution in [3.63, 3.8) is 0 Å². The van der Waals surface area contributed by atoms with Gasteiger partial charge in [0.05, 0.1) is 6.61 Å². The van der Waals surface area contributed by atoms with E-state index in [-0.39, 0.29) is 18.4 Å². The molecule has 2 atom stereocenters. The van der Waals surface area contributed by atoms with Crippen molar-refractivity contribution < 1.29 is 4.74 Å². The number of rotatable bonds is 4. The Labute approximate surface area is 95.8 Å². The number of halogens is 2. The quantitative estimate of drug-likeness (QED) is 0.815. The van der Waals surface area contributed by atoms with Gasteiger partial charge in [-0.2, -0.15) is 0 Å². The summed E-state index contributed by atoms with van der Waals surface area (Å²) >= 11 is 5.97. The van der Waals surface area contributed by atoms with E-state index < -0.39 is 5.56 Å². The molecule has 0 bridgehead atoms. The molecule has 2 unspecified atom stereocenters. The Hall–Kier alpha value is -0.280. The molecule has 0 heterocycles. The Kier molecular flexibility index (Phi) is 6.93. The molecular weight excluding hydrogens is 221 g/mol. The minimum Gasteiger partial charge on any atom is -0.357 e. The van der Waals surface area contributed by atoms with Crippen molar-refractivity contribution in [1.82, 2.24) is 0 Å². The van der Waals surface area contributed by atoms with Gasteiger partial charge < -0.3 is 10.5 Å². The van der Waals surface area contributed by atoms with Crippen LogP contribution in [0, 0.1) is 0 Å². The Balaban J connectivity index is 0.00000169. The number of nitrogens with two attached hydrogens (primary N) is 1. The molecule has 0 spiro atoms. The van der Waals surface area contributed by atoms with Gasteiger partial charge in [-0.25, -0.2) is 0 Å². The van der Waals surface area contributed by atoms with E-state index in [1.54, 1.807) is 0 Å². The largest absolute Gasteiger partial charge is 0.357 e. The minimum atomic E-state index is -0.396. The zero-order valence-corrected chi connectivity index (χ0v) is 9.59. The molecule has 0 saturated heterocycles. The lowest BCUT2D eigenvalue weighted by atomic mass is 10.2. The molecule has 2 N–H and O–H groups in total. The smallest absolute Gasteiger partial charge is 0.156 e. The van der Waals surface area contributed by atoms with E-state index in [1.807, 2.05) is 37.3 Å². The average molecular weight is 236 g/mol. The zero-order chi connectivity index (χ0) is 9.68. The summed E-state index contributed by atoms with van der Waals surface area (Å²) in [5.41, 5.74) is 6.10. The van der Waals surface area contributed by atoms with Gasteiger partial charge in [0, 0.05) is 6.04 Å². The van der Waals surface area contributed by atoms with E-state index in [0.29, 0.717) is 6.61 Å². The Morgan fingerprint density at radius 3 is 2.43 bits per heavy atom. The maximum atomic E-state index is 5.97. The van der Waals surface area contributed by atoms with Crippen molar-refractivity contribution in [2.75, 3.05) is 6.61 Å². The van der Waals surface area contributed by atoms with Crippen molar-refractivity contribution in [1.29, 1.82) is 0 Å². The second-order valence-corrected chi connectivity index (χ2v) is 3.43. The standard InChI is InChI=1S/C10H14ClNO.ClH/c1-8(12)7-13-10(11)9-5-3-2-4-6-9;/h2-6,8,10H,7,12H2,1H3;1H. The van der Waals surface area contributed by atoms with Crippen LogP contribution >= 0.6 is 24.0 Å². The summed E-state index contributed by atoms with van der Waals surface area (Å²) in [7, 11) is 0. The van der Waals surface area contributed by atoms with Gasteiger partial charge in [0.2, 0.25) is 0 Å². The molecule has 0 saturated carbocycles. The summed E-state index contributed by atoms with van der Waals surface area (Å²) in [6.07, 6.45) is 0. The molecule has 80 valence electrons. The van der Waals surface area contributed by atoms with Crippen LogP contribution in [0.2, 0.25) is 0 Å². The molecule has 0 aliphatic rings. The Bertz CT molecular complexity index is 241. The van der Waals surface area contributed by atoms with Crippen LogP contribution in [0.5, 0.6) is 0 Å². The van der Waals surface area contributed by atoms with E-state index >= 15 is 0 Å². The summed E-state index contributed by atoms with van der Waals surface area (Å²) in [5.74, 6) is 0. The van der Waals surface area contributed by atoms with Crippen LogP contribution in [0.25, 0.3) is 0 Å². The van der Waals surface area contributed by atoms with Crippen LogP contribution in [0.4, 0.5) is 0 Å². The van der Waals surface area contributed by atoms with E-state index in [9.17, 15) is 0 Å². The second-order valence-electron chi connectivity index (χ2n) is 3.04. The number of alkyl halides is 1. The zero-order valence-electron chi connectivity index (χ0n) is 8.02. The lowest BCUT2D eigenvalue weighted by Gasteiger charge is -2.12. The topological polar surface area (TPSA) is 35.2 Å². The molecule has 0 aliphatic carbocycles. The summed E-state index contributed by atoms with van der Waals surface area (Å²) < 4.78 is 5.33. The molecular formula is C10H15Cl2NO. The first kappa shape index (κ1) is 13.7. The number of hydrogen-bond acceptors (Lipinski definition) is 2. The van der Waals surface area contributed by atoms with Gasteiger partial charge in [-0.15, -0.1) is 12.4 Å². The number of ether oxygens (including phenoxy) is 1. The van der Waals surface area contributed by atoms with Crippen LogP contribution in [0.3, 0.4) is 0 Å². The van der Waals surface area contributed by atoms with Gasteiger partial charge in [-0.05, 0) is 12.5 Å². The molecule has 4 heteroatoms. The summed E-state index contributed by atoms with van der Waals surface area (Å²) in [6, 6.07) is 9.68. The minimum absolute atomic E-state index is 0.